The van der Waals surface area contributed by atoms with Crippen molar-refractivity contribution < 1.29 is 26.7 Å². The van der Waals surface area contributed by atoms with E-state index in [1.165, 1.54) is 0 Å². The molecule has 3 heterocycles. The molecule has 0 aliphatic carbocycles. The van der Waals surface area contributed by atoms with Crippen LogP contribution in [0.15, 0.2) is 6.07 Å². The summed E-state index contributed by atoms with van der Waals surface area (Å²) in [6.45, 7) is 0.127. The van der Waals surface area contributed by atoms with Crippen LogP contribution in [0, 0.1) is 0 Å². The molecule has 6 nitrogen and oxygen atoms in total. The van der Waals surface area contributed by atoms with Crippen LogP contribution in [0.3, 0.4) is 0 Å². The lowest BCUT2D eigenvalue weighted by atomic mass is 10.1. The smallest absolute Gasteiger partial charge is 0.324 e. The Bertz CT molecular complexity index is 763. The van der Waals surface area contributed by atoms with Crippen LogP contribution in [0.25, 0.3) is 0 Å². The summed E-state index contributed by atoms with van der Waals surface area (Å²) in [6, 6.07) is 0.912. The Morgan fingerprint density at radius 3 is 2.71 bits per heavy atom. The van der Waals surface area contributed by atoms with Gasteiger partial charge in [-0.3, -0.25) is 9.89 Å². The van der Waals surface area contributed by atoms with Crippen LogP contribution in [0.1, 0.15) is 47.0 Å². The van der Waals surface area contributed by atoms with Gasteiger partial charge in [0, 0.05) is 12.6 Å². The number of aromatic amines is 1. The average molecular weight is 349 g/mol. The van der Waals surface area contributed by atoms with E-state index in [9.17, 15) is 26.7 Å². The van der Waals surface area contributed by atoms with Crippen molar-refractivity contribution in [2.24, 2.45) is 0 Å². The molecule has 11 heteroatoms. The third-order valence-corrected chi connectivity index (χ3v) is 3.66. The maximum atomic E-state index is 13.1. The quantitative estimate of drug-likeness (QED) is 0.836. The van der Waals surface area contributed by atoms with Crippen LogP contribution in [0.5, 0.6) is 0 Å². The van der Waals surface area contributed by atoms with E-state index in [1.807, 2.05) is 5.10 Å². The Labute approximate surface area is 132 Å². The summed E-state index contributed by atoms with van der Waals surface area (Å²) < 4.78 is 65.1. The van der Waals surface area contributed by atoms with E-state index < -0.39 is 30.0 Å². The first kappa shape index (κ1) is 16.4. The van der Waals surface area contributed by atoms with Gasteiger partial charge < -0.3 is 9.88 Å². The van der Waals surface area contributed by atoms with E-state index >= 15 is 0 Å². The minimum atomic E-state index is -4.68. The fourth-order valence-corrected chi connectivity index (χ4v) is 2.63. The van der Waals surface area contributed by atoms with E-state index in [0.29, 0.717) is 12.8 Å². The summed E-state index contributed by atoms with van der Waals surface area (Å²) in [5.74, 6) is -2.25. The molecule has 1 aliphatic rings. The zero-order valence-corrected chi connectivity index (χ0v) is 12.1. The van der Waals surface area contributed by atoms with Crippen molar-refractivity contribution in [3.05, 3.63) is 29.0 Å². The highest BCUT2D eigenvalue weighted by Crippen LogP contribution is 2.33. The second-order valence-corrected chi connectivity index (χ2v) is 5.30. The average Bonchev–Trinajstić information content (AvgIpc) is 3.10. The molecule has 0 radical (unpaired) electrons. The number of alkyl halides is 5. The number of anilines is 1. The highest BCUT2D eigenvalue weighted by atomic mass is 19.4. The van der Waals surface area contributed by atoms with Gasteiger partial charge in [0.15, 0.2) is 5.82 Å². The minimum Gasteiger partial charge on any atom is -0.324 e. The number of hydrogen-bond acceptors (Lipinski definition) is 3. The van der Waals surface area contributed by atoms with Gasteiger partial charge in [-0.1, -0.05) is 0 Å². The number of hydrogen-bond donors (Lipinski definition) is 2. The molecule has 2 N–H and O–H groups in total. The summed E-state index contributed by atoms with van der Waals surface area (Å²) in [6.07, 6.45) is -6.00. The van der Waals surface area contributed by atoms with Gasteiger partial charge >= 0.3 is 6.18 Å². The van der Waals surface area contributed by atoms with Crippen LogP contribution < -0.4 is 5.32 Å². The van der Waals surface area contributed by atoms with Crippen LogP contribution >= 0.6 is 0 Å². The molecule has 0 aromatic carbocycles. The molecular formula is C13H12F5N5O. The number of nitrogens with zero attached hydrogens (tertiary/aromatic N) is 3. The first-order valence-electron chi connectivity index (χ1n) is 7.08. The zero-order valence-electron chi connectivity index (χ0n) is 12.1. The lowest BCUT2D eigenvalue weighted by Crippen LogP contribution is -2.20. The number of fused-ring (bicyclic) bond motifs is 1. The van der Waals surface area contributed by atoms with E-state index in [2.05, 4.69) is 15.4 Å². The number of aromatic nitrogens is 4. The van der Waals surface area contributed by atoms with Gasteiger partial charge in [-0.15, -0.1) is 0 Å². The molecule has 3 rings (SSSR count). The summed E-state index contributed by atoms with van der Waals surface area (Å²) in [4.78, 5) is 15.7. The maximum Gasteiger partial charge on any atom is 0.449 e. The Morgan fingerprint density at radius 2 is 2.08 bits per heavy atom. The molecule has 1 aliphatic heterocycles. The summed E-state index contributed by atoms with van der Waals surface area (Å²) in [7, 11) is 0. The molecule has 1 amide bonds. The normalized spacial score (nSPS) is 14.8. The highest BCUT2D eigenvalue weighted by molar-refractivity contribution is 6.03. The third kappa shape index (κ3) is 2.97. The number of amides is 1. The second kappa shape index (κ2) is 5.87. The number of rotatable bonds is 3. The third-order valence-electron chi connectivity index (χ3n) is 3.66. The van der Waals surface area contributed by atoms with Gasteiger partial charge in [0.2, 0.25) is 5.82 Å². The Hall–Kier alpha value is -2.46. The molecule has 0 bridgehead atoms. The molecule has 0 spiro atoms. The van der Waals surface area contributed by atoms with Crippen LogP contribution in [0.4, 0.5) is 27.8 Å². The molecule has 0 atom stereocenters. The summed E-state index contributed by atoms with van der Waals surface area (Å²) in [5.41, 5.74) is -0.674. The molecule has 2 aromatic heterocycles. The SMILES string of the molecule is O=C(Nc1cc(C(F)F)[nH]n1)c1nc(C(F)(F)F)n2c1CCCC2. The van der Waals surface area contributed by atoms with Crippen LogP contribution in [-0.4, -0.2) is 25.7 Å². The fourth-order valence-electron chi connectivity index (χ4n) is 2.63. The van der Waals surface area contributed by atoms with Crippen LogP contribution in [-0.2, 0) is 19.1 Å². The lowest BCUT2D eigenvalue weighted by molar-refractivity contribution is -0.147. The number of carbonyl (C=O) groups excluding carboxylic acids is 1. The van der Waals surface area contributed by atoms with Gasteiger partial charge in [-0.2, -0.15) is 18.3 Å². The number of carbonyl (C=O) groups is 1. The monoisotopic (exact) mass is 349 g/mol. The van der Waals surface area contributed by atoms with Crippen molar-refractivity contribution in [1.29, 1.82) is 0 Å². The Morgan fingerprint density at radius 1 is 1.33 bits per heavy atom. The van der Waals surface area contributed by atoms with Gasteiger partial charge in [0.1, 0.15) is 11.4 Å². The Balaban J connectivity index is 1.90. The zero-order chi connectivity index (χ0) is 17.5. The molecule has 0 unspecified atom stereocenters. The first-order valence-corrected chi connectivity index (χ1v) is 7.08. The molecular weight excluding hydrogens is 337 g/mol. The molecule has 24 heavy (non-hydrogen) atoms. The van der Waals surface area contributed by atoms with Crippen molar-refractivity contribution in [3.8, 4) is 0 Å². The molecule has 0 fully saturated rings. The number of halogens is 5. The van der Waals surface area contributed by atoms with Crippen molar-refractivity contribution in [2.75, 3.05) is 5.32 Å². The summed E-state index contributed by atoms with van der Waals surface area (Å²) >= 11 is 0. The number of nitrogens with one attached hydrogen (secondary N) is 2. The topological polar surface area (TPSA) is 75.6 Å². The highest BCUT2D eigenvalue weighted by Gasteiger charge is 2.40. The lowest BCUT2D eigenvalue weighted by Gasteiger charge is -2.17. The molecule has 0 saturated heterocycles. The van der Waals surface area contributed by atoms with E-state index in [4.69, 9.17) is 0 Å². The molecule has 130 valence electrons. The summed E-state index contributed by atoms with van der Waals surface area (Å²) in [5, 5.41) is 7.70. The van der Waals surface area contributed by atoms with Crippen molar-refractivity contribution in [1.82, 2.24) is 19.7 Å². The molecule has 2 aromatic rings. The Kier molecular flexibility index (Phi) is 4.01. The van der Waals surface area contributed by atoms with Crippen molar-refractivity contribution in [2.45, 2.75) is 38.4 Å². The van der Waals surface area contributed by atoms with Gasteiger partial charge in [-0.05, 0) is 19.3 Å². The predicted molar refractivity (Wildman–Crippen MR) is 71.7 cm³/mol. The first-order chi connectivity index (χ1) is 11.3. The van der Waals surface area contributed by atoms with Gasteiger partial charge in [0.25, 0.3) is 12.3 Å². The maximum absolute atomic E-state index is 13.1. The van der Waals surface area contributed by atoms with E-state index in [-0.39, 0.29) is 30.2 Å². The van der Waals surface area contributed by atoms with Gasteiger partial charge in [0.05, 0.1) is 5.69 Å². The van der Waals surface area contributed by atoms with Crippen molar-refractivity contribution in [3.63, 3.8) is 0 Å². The van der Waals surface area contributed by atoms with Crippen molar-refractivity contribution >= 4 is 11.7 Å². The fraction of sp³-hybridized carbons (Fsp3) is 0.462. The number of H-pyrrole nitrogens is 1. The standard InChI is InChI=1S/C13H12F5N5O/c14-10(15)6-5-8(22-21-6)19-11(24)9-7-3-1-2-4-23(7)12(20-9)13(16,17)18/h5,10H,1-4H2,(H2,19,21,22,24). The van der Waals surface area contributed by atoms with E-state index in [1.54, 1.807) is 0 Å². The minimum absolute atomic E-state index is 0.127. The van der Waals surface area contributed by atoms with Gasteiger partial charge in [-0.25, -0.2) is 13.8 Å². The van der Waals surface area contributed by atoms with E-state index in [0.717, 1.165) is 10.6 Å². The second-order valence-electron chi connectivity index (χ2n) is 5.30. The van der Waals surface area contributed by atoms with Crippen LogP contribution in [0.2, 0.25) is 0 Å². The molecule has 0 saturated carbocycles. The largest absolute Gasteiger partial charge is 0.449 e. The number of imidazole rings is 1. The predicted octanol–water partition coefficient (Wildman–Crippen LogP) is 3.15.